The molecule has 0 unspecified atom stereocenters. The van der Waals surface area contributed by atoms with Crippen LogP contribution in [0.1, 0.15) is 251 Å². The number of ketones is 5. The Kier molecular flexibility index (Phi) is 58.5. The van der Waals surface area contributed by atoms with Gasteiger partial charge in [0, 0.05) is 134 Å². The van der Waals surface area contributed by atoms with Gasteiger partial charge in [-0.05, 0) is 225 Å². The molecule has 41 heteroatoms. The molecule has 0 aromatic rings. The van der Waals surface area contributed by atoms with Crippen molar-refractivity contribution in [3.8, 4) is 0 Å². The number of ether oxygens (including phenoxy) is 10. The van der Waals surface area contributed by atoms with E-state index in [0.29, 0.717) is 133 Å². The minimum absolute atomic E-state index is 0. The number of aliphatic carboxylic acids is 2. The zero-order valence-electron chi connectivity index (χ0n) is 90.4. The molecule has 148 heavy (non-hydrogen) atoms. The third-order valence-electron chi connectivity index (χ3n) is 30.0. The molecule has 834 valence electrons. The Morgan fingerprint density at radius 3 is 1.25 bits per heavy atom. The molecule has 0 spiro atoms. The lowest BCUT2D eigenvalue weighted by Crippen LogP contribution is -2.61. The molecule has 2 aliphatic carbocycles. The smallest absolute Gasteiger partial charge is 0.344 e. The van der Waals surface area contributed by atoms with Crippen LogP contribution in [0.25, 0.3) is 20.9 Å². The molecule has 0 aromatic heterocycles. The summed E-state index contributed by atoms with van der Waals surface area (Å²) in [5, 5.41) is 83.4. The second-order valence-corrected chi connectivity index (χ2v) is 41.1. The summed E-state index contributed by atoms with van der Waals surface area (Å²) < 4.78 is 59.4. The van der Waals surface area contributed by atoms with Gasteiger partial charge < -0.3 is 97.8 Å². The number of cyclic esters (lactones) is 2. The molecule has 8 aliphatic rings. The number of piperidine rings is 2. The van der Waals surface area contributed by atoms with Crippen molar-refractivity contribution in [3.63, 3.8) is 0 Å². The quantitative estimate of drug-likeness (QED) is 0.0113. The number of methoxy groups -OCH3 is 6. The van der Waals surface area contributed by atoms with Crippen LogP contribution in [0.15, 0.2) is 111 Å². The van der Waals surface area contributed by atoms with Crippen molar-refractivity contribution in [1.82, 2.24) is 9.80 Å². The number of carboxylic acids is 2. The second kappa shape index (κ2) is 66.0. The first-order chi connectivity index (χ1) is 69.7. The van der Waals surface area contributed by atoms with Crippen LogP contribution in [0.2, 0.25) is 0 Å². The molecule has 8 rings (SSSR count). The highest BCUT2D eigenvalue weighted by Gasteiger charge is 2.56. The number of carbonyl (C=O) groups excluding carboxylic acids is 9. The largest absolute Gasteiger partial charge is 0.479 e. The van der Waals surface area contributed by atoms with Gasteiger partial charge in [0.15, 0.2) is 18.2 Å². The van der Waals surface area contributed by atoms with Crippen molar-refractivity contribution >= 4 is 82.7 Å². The van der Waals surface area contributed by atoms with Gasteiger partial charge in [0.05, 0.1) is 54.4 Å². The third kappa shape index (κ3) is 39.2. The number of nitrogens with two attached hydrogens (primary N) is 1. The van der Waals surface area contributed by atoms with Crippen LogP contribution in [0.5, 0.6) is 0 Å². The third-order valence-corrected chi connectivity index (χ3v) is 30.0. The predicted molar refractivity (Wildman–Crippen MR) is 553 cm³/mol. The number of esters is 2. The number of fused-ring (bicyclic) bond motifs is 6. The fraction of sp³-hybridized carbons (Fsp3) is 0.738. The summed E-state index contributed by atoms with van der Waals surface area (Å²) in [6, 6.07) is -3.01. The molecule has 6 heterocycles. The van der Waals surface area contributed by atoms with Gasteiger partial charge in [-0.1, -0.05) is 158 Å². The zero-order valence-corrected chi connectivity index (χ0v) is 91.2. The maximum absolute atomic E-state index is 14.7. The molecule has 6 fully saturated rings. The zero-order chi connectivity index (χ0) is 110. The summed E-state index contributed by atoms with van der Waals surface area (Å²) in [5.41, 5.74) is 21.0. The van der Waals surface area contributed by atoms with E-state index in [1.54, 1.807) is 89.1 Å². The lowest BCUT2D eigenvalue weighted by molar-refractivity contribution is -0.265. The number of aliphatic hydroxyl groups excluding tert-OH is 3. The van der Waals surface area contributed by atoms with Gasteiger partial charge in [0.2, 0.25) is 18.2 Å². The monoisotopic (exact) mass is 2110 g/mol. The van der Waals surface area contributed by atoms with E-state index in [2.05, 4.69) is 35.9 Å². The summed E-state index contributed by atoms with van der Waals surface area (Å²) in [4.78, 5) is 167. The van der Waals surface area contributed by atoms with Gasteiger partial charge in [-0.2, -0.15) is 0 Å². The second-order valence-electron chi connectivity index (χ2n) is 41.1. The molecule has 2 amide bonds. The molecule has 40 nitrogen and oxygen atoms in total. The van der Waals surface area contributed by atoms with Gasteiger partial charge in [0.1, 0.15) is 54.5 Å². The minimum atomic E-state index is -2.47. The number of hydrogen-bond donors (Lipinski definition) is 8. The number of aliphatic hydroxyl groups is 5. The molecular weight excluding hydrogens is 1940 g/mol. The maximum atomic E-state index is 14.7. The lowest BCUT2D eigenvalue weighted by atomic mass is 9.77. The Balaban J connectivity index is 0.000000572. The van der Waals surface area contributed by atoms with Crippen molar-refractivity contribution in [2.45, 2.75) is 360 Å². The topological polar surface area (TPSA) is 583 Å². The van der Waals surface area contributed by atoms with Gasteiger partial charge in [-0.15, -0.1) is 12.4 Å². The number of oxime groups is 1. The molecule has 2 saturated carbocycles. The van der Waals surface area contributed by atoms with Gasteiger partial charge in [0.25, 0.3) is 23.4 Å². The van der Waals surface area contributed by atoms with Crippen molar-refractivity contribution < 1.29 is 146 Å². The number of Topliss-reactive ketones (excluding diaryl/α,β-unsaturated/α-hetero) is 5. The van der Waals surface area contributed by atoms with Crippen molar-refractivity contribution in [2.75, 3.05) is 76.1 Å². The number of halogens is 1. The number of hydrogen-bond acceptors (Lipinski definition) is 32. The normalized spacial score (nSPS) is 36.6. The maximum Gasteiger partial charge on any atom is 0.344 e. The average Bonchev–Trinajstić information content (AvgIpc) is 0.773. The highest BCUT2D eigenvalue weighted by Crippen LogP contribution is 2.43. The molecule has 30 atom stereocenters. The highest BCUT2D eigenvalue weighted by atomic mass is 35.5. The van der Waals surface area contributed by atoms with Crippen LogP contribution >= 0.6 is 12.4 Å². The van der Waals surface area contributed by atoms with E-state index in [9.17, 15) is 83.8 Å². The van der Waals surface area contributed by atoms with E-state index in [0.717, 1.165) is 24.7 Å². The summed E-state index contributed by atoms with van der Waals surface area (Å²) >= 11 is 0. The Hall–Kier alpha value is -9.13. The number of allylic oxidation sites excluding steroid dienone is 12. The number of carbonyl (C=O) groups is 11. The van der Waals surface area contributed by atoms with Crippen LogP contribution < -0.4 is 5.90 Å². The SMILES string of the molecule is CO.CO[C@H]1C[C@@H]2CC[C@@H](C)[C@@](O)(O2)C(=O)C(=O)N2CCCC[C@H]2C(=O)O[C@H]([C@H](C)C[C@@H]2CC[C@H](N=[N+]=[N-])[C@H](OC)C2)CC(=NOCC(=O)O)[C@H](C)/C=C(\C)[C@@H](O)[C@@H](OC)C(=O)[C@H](C)C[C@H](C)/C=C/C=C/C=C/1C.CO[C@H]1C[C@@H]2CC[C@@H](C)[C@@](O)(O2)C(=O)C(=O)N2CCCC[C@H]2C(=O)O[C@H]([C@H](C)C[C@@H]2CC[C@H](N=[N+]=[N-])[C@H](OC)C2)CC(=O)[C@H](C)/C=C(\C)[C@@H](O)[C@@H](OC)C(=O)[C@H](C)C[C@H](C)/C=C/C=C/C=C/1C.Cl.NOCC(=O)O. The number of amides is 2. The number of nitrogens with zero attached hydrogens (tertiary/aromatic N) is 9. The first kappa shape index (κ1) is 131. The summed E-state index contributed by atoms with van der Waals surface area (Å²) in [7, 11) is 10.0. The number of azide groups is 2. The van der Waals surface area contributed by atoms with E-state index in [1.807, 2.05) is 109 Å². The van der Waals surface area contributed by atoms with Gasteiger partial charge in [-0.3, -0.25) is 38.4 Å². The Bertz CT molecular complexity index is 4680. The van der Waals surface area contributed by atoms with Crippen LogP contribution in [-0.4, -0.2) is 301 Å². The lowest BCUT2D eigenvalue weighted by Gasteiger charge is -2.42. The van der Waals surface area contributed by atoms with Gasteiger partial charge in [-0.25, -0.2) is 25.1 Å². The van der Waals surface area contributed by atoms with Crippen molar-refractivity contribution in [3.05, 3.63) is 116 Å². The molecule has 4 bridgehead atoms. The van der Waals surface area contributed by atoms with Crippen LogP contribution in [-0.2, 0) is 110 Å². The average molecular weight is 2110 g/mol. The summed E-state index contributed by atoms with van der Waals surface area (Å²) in [6.45, 7) is 24.2. The molecule has 4 saturated heterocycles. The van der Waals surface area contributed by atoms with Gasteiger partial charge >= 0.3 is 23.9 Å². The first-order valence-electron chi connectivity index (χ1n) is 51.7. The minimum Gasteiger partial charge on any atom is -0.479 e. The first-order valence-corrected chi connectivity index (χ1v) is 51.7. The summed E-state index contributed by atoms with van der Waals surface area (Å²) in [5.74, 6) is -14.1. The molecule has 0 radical (unpaired) electrons. The Labute approximate surface area is 878 Å². The molecule has 9 N–H and O–H groups in total. The van der Waals surface area contributed by atoms with Crippen LogP contribution in [0.4, 0.5) is 0 Å². The van der Waals surface area contributed by atoms with E-state index in [1.165, 1.54) is 24.0 Å². The Morgan fingerprint density at radius 2 is 0.892 bits per heavy atom. The molecule has 6 aliphatic heterocycles. The number of carboxylic acid groups (broad SMARTS) is 2. The van der Waals surface area contributed by atoms with Crippen molar-refractivity contribution in [2.24, 2.45) is 92.3 Å². The fourth-order valence-corrected chi connectivity index (χ4v) is 21.0. The van der Waals surface area contributed by atoms with Crippen LogP contribution in [0, 0.1) is 71.0 Å². The predicted octanol–water partition coefficient (Wildman–Crippen LogP) is 13.9. The van der Waals surface area contributed by atoms with Crippen molar-refractivity contribution in [1.29, 1.82) is 0 Å². The van der Waals surface area contributed by atoms with E-state index < -0.39 is 187 Å². The highest BCUT2D eigenvalue weighted by molar-refractivity contribution is 6.39. The standard InChI is InChI=1S/C53H81N5O14.C51H78N4O12.C2H5NO3.CH4O.ClH/c1-31-16-12-11-13-17-32(2)43(67-8)28-39-21-19-37(7)53(66,72-39)50(63)51(64)58-23-15-14-18-42(58)52(65)71-44(34(4)26-38-20-22-40(55-57-54)45(27-38)68-9)29-41(56-70-30-46(59)60)33(3)25-36(6)48(62)49(69-10)47(61)35(5)24-31;1-30-16-12-11-13-17-31(2)42(63-8)28-38-21-19-36(7)51(62,67-38)48(59)49(60)55-23-15-14-18-40(55)50(61)66-43(33(4)26-37-20-22-39(53-54-52)44(27-37)64-9)29-41(56)32(3)25-35(6)46(58)47(65-10)45(57)34(5)24-30;3-6-1-2(4)5;1-2;/h11-13,16-17,25,31,33-35,37-40,42-45,48-49,62,66H,14-15,18-24,26-30H2,1-10H3,(H,59,60);11-13,16-17,25,30,32-34,36-40,42-44,46-47,58,62H,14-15,18-24,26-29H2,1-10H3;1,3H2,(H,4,5);2H,1H3;1H/b13-11+,16-12+,32-17+,36-25+,56-41?;13-11+,16-12+,31-17+,35-25+;;;/t31-,33-,34-,35-,37-,38+,39+,40+,42+,43+,44+,45-,48-,49+,53-;30-,32-,33-,34-,36-,37+,38+,39+,40+,42+,43+,44-,46-,47+,51-;;;/m11.../s1. The van der Waals surface area contributed by atoms with E-state index in [4.69, 9.17) is 68.0 Å². The molecule has 0 aromatic carbocycles. The summed E-state index contributed by atoms with van der Waals surface area (Å²) in [6.07, 6.45) is 23.1. The van der Waals surface area contributed by atoms with Crippen LogP contribution in [0.3, 0.4) is 0 Å². The Morgan fingerprint density at radius 1 is 0.500 bits per heavy atom. The molecular formula is C107H169ClN10O30. The fourth-order valence-electron chi connectivity index (χ4n) is 21.0. The van der Waals surface area contributed by atoms with E-state index in [-0.39, 0.29) is 128 Å². The number of rotatable bonds is 19. The van der Waals surface area contributed by atoms with E-state index >= 15 is 0 Å².